The van der Waals surface area contributed by atoms with Crippen LogP contribution in [0.3, 0.4) is 0 Å². The lowest BCUT2D eigenvalue weighted by Crippen LogP contribution is -2.18. The van der Waals surface area contributed by atoms with Crippen molar-refractivity contribution in [2.24, 2.45) is 0 Å². The van der Waals surface area contributed by atoms with Crippen molar-refractivity contribution < 1.29 is 18.7 Å². The van der Waals surface area contributed by atoms with Crippen LogP contribution in [0, 0.1) is 18.2 Å². The Kier molecular flexibility index (Phi) is 7.55. The molecule has 8 nitrogen and oxygen atoms in total. The Hall–Kier alpha value is -4.00. The number of hydrogen-bond donors (Lipinski definition) is 2. The van der Waals surface area contributed by atoms with Gasteiger partial charge in [-0.25, -0.2) is 14.4 Å². The summed E-state index contributed by atoms with van der Waals surface area (Å²) in [6.45, 7) is 1.71. The van der Waals surface area contributed by atoms with Gasteiger partial charge in [0, 0.05) is 36.1 Å². The zero-order valence-corrected chi connectivity index (χ0v) is 19.5. The minimum atomic E-state index is -0.475. The van der Waals surface area contributed by atoms with Gasteiger partial charge in [0.2, 0.25) is 5.91 Å². The van der Waals surface area contributed by atoms with E-state index in [2.05, 4.69) is 26.5 Å². The molecule has 35 heavy (non-hydrogen) atoms. The number of benzene rings is 2. The van der Waals surface area contributed by atoms with E-state index in [4.69, 9.17) is 15.9 Å². The molecule has 1 aliphatic rings. The van der Waals surface area contributed by atoms with Gasteiger partial charge in [0.25, 0.3) is 0 Å². The van der Waals surface area contributed by atoms with E-state index in [9.17, 15) is 9.18 Å². The fourth-order valence-corrected chi connectivity index (χ4v) is 3.55. The quantitative estimate of drug-likeness (QED) is 0.379. The second-order valence-electron chi connectivity index (χ2n) is 8.31. The van der Waals surface area contributed by atoms with Crippen LogP contribution in [-0.2, 0) is 9.53 Å². The molecule has 1 unspecified atom stereocenters. The minimum absolute atomic E-state index is 0.132. The molecule has 2 N–H and O–H groups in total. The molecule has 1 atom stereocenters. The first kappa shape index (κ1) is 24.1. The van der Waals surface area contributed by atoms with E-state index in [-0.39, 0.29) is 17.7 Å². The number of likely N-dealkylation sites (N-methyl/N-ethyl adjacent to an activating group) is 1. The Morgan fingerprint density at radius 1 is 1.31 bits per heavy atom. The van der Waals surface area contributed by atoms with Crippen LogP contribution in [0.4, 0.5) is 21.6 Å². The maximum Gasteiger partial charge on any atom is 0.248 e. The van der Waals surface area contributed by atoms with Crippen LogP contribution < -0.4 is 15.4 Å². The Balaban J connectivity index is 1.71. The molecule has 2 heterocycles. The van der Waals surface area contributed by atoms with Crippen molar-refractivity contribution >= 4 is 34.0 Å². The molecule has 1 aromatic heterocycles. The van der Waals surface area contributed by atoms with Crippen molar-refractivity contribution in [3.05, 3.63) is 60.2 Å². The smallest absolute Gasteiger partial charge is 0.248 e. The number of nitrogens with zero attached hydrogens (tertiary/aromatic N) is 3. The van der Waals surface area contributed by atoms with Crippen LogP contribution in [0.2, 0.25) is 0 Å². The molecule has 0 radical (unpaired) electrons. The minimum Gasteiger partial charge on any atom is -0.486 e. The highest BCUT2D eigenvalue weighted by molar-refractivity contribution is 6.03. The average Bonchev–Trinajstić information content (AvgIpc) is 3.34. The van der Waals surface area contributed by atoms with Gasteiger partial charge in [-0.05, 0) is 38.4 Å². The number of fused-ring (bicyclic) bond motifs is 1. The van der Waals surface area contributed by atoms with Gasteiger partial charge in [-0.1, -0.05) is 12.0 Å². The second kappa shape index (κ2) is 11.0. The third-order valence-corrected chi connectivity index (χ3v) is 5.30. The summed E-state index contributed by atoms with van der Waals surface area (Å²) in [6.07, 6.45) is 10.7. The van der Waals surface area contributed by atoms with Gasteiger partial charge in [-0.15, -0.1) is 6.42 Å². The lowest BCUT2D eigenvalue weighted by Gasteiger charge is -2.18. The Labute approximate surface area is 203 Å². The van der Waals surface area contributed by atoms with E-state index in [1.165, 1.54) is 30.6 Å². The highest BCUT2D eigenvalue weighted by atomic mass is 19.1. The Bertz CT molecular complexity index is 1300. The number of nitrogens with one attached hydrogen (secondary N) is 2. The standard InChI is InChI=1S/C26H26FN5O3/c1-4-17-7-8-20(27)22(12-17)31-26-19-13-23(30-25(33)6-5-10-32(2)3)24(14-21(19)28-16-29-26)35-18-9-11-34-15-18/h1,5-8,12-14,16,18H,9-11,15H2,2-3H3,(H,30,33)(H,28,29,31)/b6-5+. The van der Waals surface area contributed by atoms with E-state index in [0.717, 1.165) is 6.42 Å². The number of carbonyl (C=O) groups excluding carboxylic acids is 1. The Morgan fingerprint density at radius 3 is 2.91 bits per heavy atom. The molecular weight excluding hydrogens is 449 g/mol. The van der Waals surface area contributed by atoms with E-state index in [1.807, 2.05) is 19.0 Å². The molecule has 3 aromatic rings. The van der Waals surface area contributed by atoms with Crippen molar-refractivity contribution in [3.63, 3.8) is 0 Å². The Morgan fingerprint density at radius 2 is 2.17 bits per heavy atom. The molecular formula is C26H26FN5O3. The van der Waals surface area contributed by atoms with Crippen molar-refractivity contribution in [2.45, 2.75) is 12.5 Å². The predicted octanol–water partition coefficient (Wildman–Crippen LogP) is 3.72. The molecule has 0 bridgehead atoms. The molecule has 1 aliphatic heterocycles. The van der Waals surface area contributed by atoms with Crippen LogP contribution in [0.15, 0.2) is 48.8 Å². The van der Waals surface area contributed by atoms with Crippen LogP contribution in [0.1, 0.15) is 12.0 Å². The number of amides is 1. The molecule has 2 aromatic carbocycles. The van der Waals surface area contributed by atoms with Crippen LogP contribution in [0.25, 0.3) is 10.9 Å². The molecule has 1 fully saturated rings. The first-order valence-corrected chi connectivity index (χ1v) is 11.1. The summed E-state index contributed by atoms with van der Waals surface area (Å²) in [7, 11) is 3.83. The first-order valence-electron chi connectivity index (χ1n) is 11.1. The normalized spacial score (nSPS) is 15.5. The first-order chi connectivity index (χ1) is 16.9. The van der Waals surface area contributed by atoms with Gasteiger partial charge in [0.15, 0.2) is 0 Å². The van der Waals surface area contributed by atoms with Crippen LogP contribution in [-0.4, -0.2) is 60.7 Å². The molecule has 0 aliphatic carbocycles. The van der Waals surface area contributed by atoms with Gasteiger partial charge in [0.05, 0.1) is 30.1 Å². The number of terminal acetylenes is 1. The number of anilines is 3. The van der Waals surface area contributed by atoms with Gasteiger partial charge in [-0.3, -0.25) is 4.79 Å². The number of hydrogen-bond acceptors (Lipinski definition) is 7. The molecule has 0 saturated carbocycles. The monoisotopic (exact) mass is 475 g/mol. The largest absolute Gasteiger partial charge is 0.486 e. The third-order valence-electron chi connectivity index (χ3n) is 5.30. The number of rotatable bonds is 8. The molecule has 9 heteroatoms. The summed E-state index contributed by atoms with van der Waals surface area (Å²) in [5.41, 5.74) is 1.71. The number of ether oxygens (including phenoxy) is 2. The highest BCUT2D eigenvalue weighted by Gasteiger charge is 2.21. The summed E-state index contributed by atoms with van der Waals surface area (Å²) in [5, 5.41) is 6.44. The maximum absolute atomic E-state index is 14.4. The summed E-state index contributed by atoms with van der Waals surface area (Å²) >= 11 is 0. The average molecular weight is 476 g/mol. The summed E-state index contributed by atoms with van der Waals surface area (Å²) < 4.78 is 26.0. The van der Waals surface area contributed by atoms with Crippen molar-refractivity contribution in [1.82, 2.24) is 14.9 Å². The zero-order chi connectivity index (χ0) is 24.8. The molecule has 4 rings (SSSR count). The lowest BCUT2D eigenvalue weighted by atomic mass is 10.1. The zero-order valence-electron chi connectivity index (χ0n) is 19.5. The number of carbonyl (C=O) groups is 1. The van der Waals surface area contributed by atoms with Crippen molar-refractivity contribution in [1.29, 1.82) is 0 Å². The van der Waals surface area contributed by atoms with E-state index in [0.29, 0.717) is 53.5 Å². The second-order valence-corrected chi connectivity index (χ2v) is 8.31. The highest BCUT2D eigenvalue weighted by Crippen LogP contribution is 2.35. The number of halogens is 1. The fraction of sp³-hybridized carbons (Fsp3) is 0.269. The molecule has 1 amide bonds. The SMILES string of the molecule is C#Cc1ccc(F)c(Nc2ncnc3cc(OC4CCOC4)c(NC(=O)/C=C/CN(C)C)cc23)c1. The van der Waals surface area contributed by atoms with Gasteiger partial charge in [0.1, 0.15) is 29.8 Å². The molecule has 1 saturated heterocycles. The van der Waals surface area contributed by atoms with Gasteiger partial charge < -0.3 is 25.0 Å². The summed E-state index contributed by atoms with van der Waals surface area (Å²) in [6, 6.07) is 7.78. The maximum atomic E-state index is 14.4. The van der Waals surface area contributed by atoms with E-state index >= 15 is 0 Å². The van der Waals surface area contributed by atoms with Crippen LogP contribution in [0.5, 0.6) is 5.75 Å². The van der Waals surface area contributed by atoms with E-state index in [1.54, 1.807) is 18.2 Å². The molecule has 0 spiro atoms. The van der Waals surface area contributed by atoms with Crippen LogP contribution >= 0.6 is 0 Å². The number of aromatic nitrogens is 2. The van der Waals surface area contributed by atoms with Gasteiger partial charge in [-0.2, -0.15) is 0 Å². The summed E-state index contributed by atoms with van der Waals surface area (Å²) in [5.74, 6) is 2.53. The lowest BCUT2D eigenvalue weighted by molar-refractivity contribution is -0.111. The third kappa shape index (κ3) is 6.12. The van der Waals surface area contributed by atoms with Gasteiger partial charge >= 0.3 is 0 Å². The van der Waals surface area contributed by atoms with Crippen molar-refractivity contribution in [2.75, 3.05) is 44.5 Å². The summed E-state index contributed by atoms with van der Waals surface area (Å²) in [4.78, 5) is 23.2. The fourth-order valence-electron chi connectivity index (χ4n) is 3.55. The molecule has 180 valence electrons. The van der Waals surface area contributed by atoms with Crippen molar-refractivity contribution in [3.8, 4) is 18.1 Å². The predicted molar refractivity (Wildman–Crippen MR) is 133 cm³/mol. The van der Waals surface area contributed by atoms with E-state index < -0.39 is 5.82 Å². The topological polar surface area (TPSA) is 88.6 Å².